The second-order valence-corrected chi connectivity index (χ2v) is 3.92. The van der Waals surface area contributed by atoms with Crippen molar-refractivity contribution in [1.29, 1.82) is 0 Å². The van der Waals surface area contributed by atoms with Crippen LogP contribution >= 0.6 is 0 Å². The van der Waals surface area contributed by atoms with Crippen molar-refractivity contribution in [2.75, 3.05) is 11.9 Å². The molecule has 17 heavy (non-hydrogen) atoms. The van der Waals surface area contributed by atoms with Crippen LogP contribution in [0.2, 0.25) is 0 Å². The topological polar surface area (TPSA) is 58.6 Å². The van der Waals surface area contributed by atoms with Crippen LogP contribution in [0.5, 0.6) is 5.75 Å². The van der Waals surface area contributed by atoms with E-state index in [0.29, 0.717) is 6.61 Å². The van der Waals surface area contributed by atoms with Gasteiger partial charge >= 0.3 is 0 Å². The summed E-state index contributed by atoms with van der Waals surface area (Å²) in [5, 5.41) is 11.6. The molecule has 0 saturated heterocycles. The van der Waals surface area contributed by atoms with Crippen molar-refractivity contribution < 1.29 is 19.0 Å². The average molecular weight is 241 g/mol. The van der Waals surface area contributed by atoms with Gasteiger partial charge in [0, 0.05) is 17.8 Å². The van der Waals surface area contributed by atoms with E-state index in [-0.39, 0.29) is 29.9 Å². The number of rotatable bonds is 5. The molecule has 5 heteroatoms. The van der Waals surface area contributed by atoms with E-state index in [1.165, 1.54) is 6.07 Å². The van der Waals surface area contributed by atoms with Gasteiger partial charge in [-0.25, -0.2) is 4.39 Å². The number of hydrogen-bond acceptors (Lipinski definition) is 3. The van der Waals surface area contributed by atoms with Gasteiger partial charge in [0.15, 0.2) is 0 Å². The van der Waals surface area contributed by atoms with E-state index < -0.39 is 5.82 Å². The Kier molecular flexibility index (Phi) is 4.90. The standard InChI is InChI=1S/C12H16FNO3/c1-8(2)17-4-3-12(16)14-10-5-9(13)6-11(15)7-10/h5-8,15H,3-4H2,1-2H3,(H,14,16). The highest BCUT2D eigenvalue weighted by atomic mass is 19.1. The minimum atomic E-state index is -0.598. The van der Waals surface area contributed by atoms with Crippen LogP contribution in [-0.2, 0) is 9.53 Å². The van der Waals surface area contributed by atoms with E-state index in [0.717, 1.165) is 12.1 Å². The molecule has 1 rings (SSSR count). The van der Waals surface area contributed by atoms with Gasteiger partial charge < -0.3 is 15.2 Å². The van der Waals surface area contributed by atoms with Crippen LogP contribution in [0.3, 0.4) is 0 Å². The number of ether oxygens (including phenoxy) is 1. The molecule has 94 valence electrons. The zero-order valence-corrected chi connectivity index (χ0v) is 9.87. The molecule has 0 bridgehead atoms. The van der Waals surface area contributed by atoms with Crippen LogP contribution in [0.1, 0.15) is 20.3 Å². The van der Waals surface area contributed by atoms with Crippen LogP contribution in [0.15, 0.2) is 18.2 Å². The lowest BCUT2D eigenvalue weighted by atomic mass is 10.3. The first-order chi connectivity index (χ1) is 7.97. The van der Waals surface area contributed by atoms with E-state index in [4.69, 9.17) is 9.84 Å². The molecule has 0 aromatic heterocycles. The number of hydrogen-bond donors (Lipinski definition) is 2. The third kappa shape index (κ3) is 5.31. The van der Waals surface area contributed by atoms with Crippen molar-refractivity contribution in [2.45, 2.75) is 26.4 Å². The van der Waals surface area contributed by atoms with Gasteiger partial charge in [0.2, 0.25) is 5.91 Å². The maximum absolute atomic E-state index is 12.9. The number of phenols is 1. The van der Waals surface area contributed by atoms with E-state index in [2.05, 4.69) is 5.32 Å². The second-order valence-electron chi connectivity index (χ2n) is 3.92. The predicted molar refractivity (Wildman–Crippen MR) is 62.4 cm³/mol. The molecule has 1 aromatic carbocycles. The number of aromatic hydroxyl groups is 1. The van der Waals surface area contributed by atoms with Gasteiger partial charge in [-0.2, -0.15) is 0 Å². The number of amides is 1. The Bertz CT molecular complexity index is 373. The van der Waals surface area contributed by atoms with Gasteiger partial charge in [-0.3, -0.25) is 4.79 Å². The SMILES string of the molecule is CC(C)OCCC(=O)Nc1cc(O)cc(F)c1. The summed E-state index contributed by atoms with van der Waals surface area (Å²) in [4.78, 5) is 11.4. The number of carbonyl (C=O) groups excluding carboxylic acids is 1. The Hall–Kier alpha value is -1.62. The lowest BCUT2D eigenvalue weighted by Crippen LogP contribution is -2.15. The summed E-state index contributed by atoms with van der Waals surface area (Å²) < 4.78 is 18.1. The normalized spacial score (nSPS) is 10.6. The summed E-state index contributed by atoms with van der Waals surface area (Å²) in [6.45, 7) is 4.07. The van der Waals surface area contributed by atoms with Gasteiger partial charge in [0.1, 0.15) is 11.6 Å². The zero-order valence-electron chi connectivity index (χ0n) is 9.87. The number of benzene rings is 1. The van der Waals surface area contributed by atoms with Crippen molar-refractivity contribution in [3.8, 4) is 5.75 Å². The molecule has 0 aliphatic carbocycles. The van der Waals surface area contributed by atoms with Crippen LogP contribution < -0.4 is 5.32 Å². The van der Waals surface area contributed by atoms with Crippen LogP contribution in [0, 0.1) is 5.82 Å². The minimum absolute atomic E-state index is 0.0704. The minimum Gasteiger partial charge on any atom is -0.508 e. The highest BCUT2D eigenvalue weighted by Crippen LogP contribution is 2.18. The number of anilines is 1. The van der Waals surface area contributed by atoms with Crippen molar-refractivity contribution in [3.05, 3.63) is 24.0 Å². The summed E-state index contributed by atoms with van der Waals surface area (Å²) in [5.74, 6) is -1.10. The highest BCUT2D eigenvalue weighted by Gasteiger charge is 2.05. The third-order valence-electron chi connectivity index (χ3n) is 1.95. The van der Waals surface area contributed by atoms with E-state index in [1.54, 1.807) is 0 Å². The Morgan fingerprint density at radius 1 is 1.47 bits per heavy atom. The molecule has 4 nitrogen and oxygen atoms in total. The Morgan fingerprint density at radius 2 is 2.18 bits per heavy atom. The summed E-state index contributed by atoms with van der Waals surface area (Å²) in [6, 6.07) is 3.39. The Balaban J connectivity index is 2.45. The molecule has 0 atom stereocenters. The average Bonchev–Trinajstić information content (AvgIpc) is 2.14. The number of carbonyl (C=O) groups is 1. The first-order valence-corrected chi connectivity index (χ1v) is 5.38. The molecule has 2 N–H and O–H groups in total. The molecule has 0 spiro atoms. The molecule has 0 aliphatic rings. The Morgan fingerprint density at radius 3 is 2.76 bits per heavy atom. The van der Waals surface area contributed by atoms with Gasteiger partial charge in [0.05, 0.1) is 19.1 Å². The van der Waals surface area contributed by atoms with E-state index >= 15 is 0 Å². The fraction of sp³-hybridized carbons (Fsp3) is 0.417. The fourth-order valence-corrected chi connectivity index (χ4v) is 1.26. The summed E-state index contributed by atoms with van der Waals surface area (Å²) in [7, 11) is 0. The number of phenolic OH excluding ortho intramolecular Hbond substituents is 1. The number of halogens is 1. The lowest BCUT2D eigenvalue weighted by molar-refractivity contribution is -0.117. The van der Waals surface area contributed by atoms with Crippen molar-refractivity contribution in [2.24, 2.45) is 0 Å². The van der Waals surface area contributed by atoms with Crippen LogP contribution in [-0.4, -0.2) is 23.7 Å². The zero-order chi connectivity index (χ0) is 12.8. The van der Waals surface area contributed by atoms with E-state index in [9.17, 15) is 9.18 Å². The van der Waals surface area contributed by atoms with Gasteiger partial charge in [0.25, 0.3) is 0 Å². The molecule has 0 radical (unpaired) electrons. The highest BCUT2D eigenvalue weighted by molar-refractivity contribution is 5.90. The van der Waals surface area contributed by atoms with E-state index in [1.807, 2.05) is 13.8 Å². The predicted octanol–water partition coefficient (Wildman–Crippen LogP) is 2.28. The summed E-state index contributed by atoms with van der Waals surface area (Å²) in [6.07, 6.45) is 0.260. The first kappa shape index (κ1) is 13.4. The summed E-state index contributed by atoms with van der Waals surface area (Å²) >= 11 is 0. The number of nitrogens with one attached hydrogen (secondary N) is 1. The monoisotopic (exact) mass is 241 g/mol. The van der Waals surface area contributed by atoms with Gasteiger partial charge in [-0.05, 0) is 19.9 Å². The van der Waals surface area contributed by atoms with Crippen molar-refractivity contribution >= 4 is 11.6 Å². The molecule has 1 aromatic rings. The van der Waals surface area contributed by atoms with Crippen molar-refractivity contribution in [1.82, 2.24) is 0 Å². The Labute approximate surface area is 99.4 Å². The quantitative estimate of drug-likeness (QED) is 0.831. The molecule has 0 saturated carbocycles. The molecular formula is C12H16FNO3. The maximum atomic E-state index is 12.9. The van der Waals surface area contributed by atoms with Gasteiger partial charge in [-0.1, -0.05) is 0 Å². The third-order valence-corrected chi connectivity index (χ3v) is 1.95. The molecule has 1 amide bonds. The van der Waals surface area contributed by atoms with Crippen LogP contribution in [0.4, 0.5) is 10.1 Å². The largest absolute Gasteiger partial charge is 0.508 e. The smallest absolute Gasteiger partial charge is 0.226 e. The summed E-state index contributed by atoms with van der Waals surface area (Å²) in [5.41, 5.74) is 0.233. The molecule has 0 unspecified atom stereocenters. The maximum Gasteiger partial charge on any atom is 0.226 e. The molecular weight excluding hydrogens is 225 g/mol. The van der Waals surface area contributed by atoms with Crippen LogP contribution in [0.25, 0.3) is 0 Å². The van der Waals surface area contributed by atoms with Crippen molar-refractivity contribution in [3.63, 3.8) is 0 Å². The van der Waals surface area contributed by atoms with Gasteiger partial charge in [-0.15, -0.1) is 0 Å². The lowest BCUT2D eigenvalue weighted by Gasteiger charge is -2.08. The molecule has 0 aliphatic heterocycles. The second kappa shape index (κ2) is 6.20. The molecule has 0 fully saturated rings. The molecule has 0 heterocycles. The first-order valence-electron chi connectivity index (χ1n) is 5.38. The fourth-order valence-electron chi connectivity index (χ4n) is 1.26.